The molecule has 1 aromatic rings. The standard InChI is InChI=1S/C14H18N2O2.ClH/c17-14(12-3-1-2-7-15-12)16-11-4-5-13-10(9-11)6-8-18-13;/h4-5,9,12,15H,1-3,6-8H2,(H,16,17);1H. The summed E-state index contributed by atoms with van der Waals surface area (Å²) in [5.41, 5.74) is 2.06. The number of amides is 1. The molecule has 1 atom stereocenters. The van der Waals surface area contributed by atoms with E-state index in [0.717, 1.165) is 43.9 Å². The lowest BCUT2D eigenvalue weighted by Gasteiger charge is -2.22. The molecule has 0 aromatic heterocycles. The van der Waals surface area contributed by atoms with Gasteiger partial charge in [-0.3, -0.25) is 4.79 Å². The highest BCUT2D eigenvalue weighted by Gasteiger charge is 2.21. The van der Waals surface area contributed by atoms with Crippen LogP contribution in [0.15, 0.2) is 18.2 Å². The van der Waals surface area contributed by atoms with Crippen LogP contribution in [0.3, 0.4) is 0 Å². The van der Waals surface area contributed by atoms with E-state index in [1.54, 1.807) is 0 Å². The fourth-order valence-electron chi connectivity index (χ4n) is 2.57. The van der Waals surface area contributed by atoms with Crippen LogP contribution < -0.4 is 15.4 Å². The van der Waals surface area contributed by atoms with Gasteiger partial charge in [-0.1, -0.05) is 6.42 Å². The second kappa shape index (κ2) is 6.26. The average Bonchev–Trinajstić information content (AvgIpc) is 2.87. The molecule has 4 nitrogen and oxygen atoms in total. The van der Waals surface area contributed by atoms with Gasteiger partial charge in [0.2, 0.25) is 5.91 Å². The Hall–Kier alpha value is -1.26. The van der Waals surface area contributed by atoms with Crippen LogP contribution in [0.5, 0.6) is 5.75 Å². The van der Waals surface area contributed by atoms with Crippen LogP contribution in [0.1, 0.15) is 24.8 Å². The Balaban J connectivity index is 0.00000133. The summed E-state index contributed by atoms with van der Waals surface area (Å²) in [4.78, 5) is 12.1. The molecule has 0 aliphatic carbocycles. The minimum atomic E-state index is -0.0387. The molecule has 19 heavy (non-hydrogen) atoms. The lowest BCUT2D eigenvalue weighted by Crippen LogP contribution is -2.43. The Morgan fingerprint density at radius 1 is 1.37 bits per heavy atom. The SMILES string of the molecule is Cl.O=C(Nc1ccc2c(c1)CCO2)C1CCCCN1. The molecule has 1 aromatic carbocycles. The molecule has 3 rings (SSSR count). The fraction of sp³-hybridized carbons (Fsp3) is 0.500. The predicted molar refractivity (Wildman–Crippen MR) is 77.2 cm³/mol. The van der Waals surface area contributed by atoms with Crippen molar-refractivity contribution in [2.24, 2.45) is 0 Å². The quantitative estimate of drug-likeness (QED) is 0.874. The number of carbonyl (C=O) groups excluding carboxylic acids is 1. The summed E-state index contributed by atoms with van der Waals surface area (Å²) < 4.78 is 5.45. The highest BCUT2D eigenvalue weighted by Crippen LogP contribution is 2.28. The van der Waals surface area contributed by atoms with Gasteiger partial charge in [0.1, 0.15) is 5.75 Å². The van der Waals surface area contributed by atoms with Gasteiger partial charge < -0.3 is 15.4 Å². The van der Waals surface area contributed by atoms with E-state index in [9.17, 15) is 4.79 Å². The third-order valence-corrected chi connectivity index (χ3v) is 3.58. The maximum Gasteiger partial charge on any atom is 0.241 e. The summed E-state index contributed by atoms with van der Waals surface area (Å²) in [6.45, 7) is 1.69. The molecule has 0 radical (unpaired) electrons. The van der Waals surface area contributed by atoms with E-state index in [-0.39, 0.29) is 24.4 Å². The minimum Gasteiger partial charge on any atom is -0.493 e. The normalized spacial score (nSPS) is 20.9. The summed E-state index contributed by atoms with van der Waals surface area (Å²) in [7, 11) is 0. The highest BCUT2D eigenvalue weighted by molar-refractivity contribution is 5.95. The zero-order valence-electron chi connectivity index (χ0n) is 10.8. The molecule has 2 heterocycles. The smallest absolute Gasteiger partial charge is 0.241 e. The van der Waals surface area contributed by atoms with Crippen molar-refractivity contribution in [3.8, 4) is 5.75 Å². The molecule has 0 bridgehead atoms. The van der Waals surface area contributed by atoms with E-state index in [4.69, 9.17) is 4.74 Å². The summed E-state index contributed by atoms with van der Waals surface area (Å²) in [5, 5.41) is 6.24. The monoisotopic (exact) mass is 282 g/mol. The fourth-order valence-corrected chi connectivity index (χ4v) is 2.57. The second-order valence-electron chi connectivity index (χ2n) is 4.91. The van der Waals surface area contributed by atoms with E-state index < -0.39 is 0 Å². The van der Waals surface area contributed by atoms with Gasteiger partial charge in [0.05, 0.1) is 12.6 Å². The number of benzene rings is 1. The first-order chi connectivity index (χ1) is 8.83. The van der Waals surface area contributed by atoms with Crippen molar-refractivity contribution >= 4 is 24.0 Å². The van der Waals surface area contributed by atoms with Crippen molar-refractivity contribution in [1.29, 1.82) is 0 Å². The molecule has 2 N–H and O–H groups in total. The Kier molecular flexibility index (Phi) is 4.66. The summed E-state index contributed by atoms with van der Waals surface area (Å²) >= 11 is 0. The third-order valence-electron chi connectivity index (χ3n) is 3.58. The predicted octanol–water partition coefficient (Wildman–Crippen LogP) is 2.12. The summed E-state index contributed by atoms with van der Waals surface area (Å²) in [5.74, 6) is 1.03. The lowest BCUT2D eigenvalue weighted by atomic mass is 10.0. The van der Waals surface area contributed by atoms with Crippen LogP contribution in [0, 0.1) is 0 Å². The largest absolute Gasteiger partial charge is 0.493 e. The molecule has 1 fully saturated rings. The molecule has 2 aliphatic heterocycles. The Morgan fingerprint density at radius 2 is 2.26 bits per heavy atom. The summed E-state index contributed by atoms with van der Waals surface area (Å²) in [6, 6.07) is 5.82. The van der Waals surface area contributed by atoms with Gasteiger partial charge in [-0.25, -0.2) is 0 Å². The number of ether oxygens (including phenoxy) is 1. The van der Waals surface area contributed by atoms with E-state index in [1.165, 1.54) is 12.0 Å². The van der Waals surface area contributed by atoms with Crippen molar-refractivity contribution in [3.63, 3.8) is 0 Å². The van der Waals surface area contributed by atoms with Crippen molar-refractivity contribution in [2.75, 3.05) is 18.5 Å². The van der Waals surface area contributed by atoms with E-state index in [1.807, 2.05) is 18.2 Å². The zero-order valence-corrected chi connectivity index (χ0v) is 11.6. The average molecular weight is 283 g/mol. The van der Waals surface area contributed by atoms with Crippen LogP contribution in [-0.2, 0) is 11.2 Å². The third kappa shape index (κ3) is 3.19. The highest BCUT2D eigenvalue weighted by atomic mass is 35.5. The van der Waals surface area contributed by atoms with Crippen LogP contribution in [0.2, 0.25) is 0 Å². The molecule has 2 aliphatic rings. The Labute approximate surface area is 119 Å². The number of rotatable bonds is 2. The van der Waals surface area contributed by atoms with Crippen LogP contribution >= 0.6 is 12.4 Å². The van der Waals surface area contributed by atoms with Crippen molar-refractivity contribution in [2.45, 2.75) is 31.7 Å². The first-order valence-electron chi connectivity index (χ1n) is 6.63. The van der Waals surface area contributed by atoms with Crippen molar-refractivity contribution < 1.29 is 9.53 Å². The number of piperidine rings is 1. The molecule has 104 valence electrons. The van der Waals surface area contributed by atoms with Crippen LogP contribution in [0.25, 0.3) is 0 Å². The minimum absolute atomic E-state index is 0. The van der Waals surface area contributed by atoms with Crippen molar-refractivity contribution in [1.82, 2.24) is 5.32 Å². The van der Waals surface area contributed by atoms with Crippen molar-refractivity contribution in [3.05, 3.63) is 23.8 Å². The molecule has 0 spiro atoms. The van der Waals surface area contributed by atoms with Crippen LogP contribution in [-0.4, -0.2) is 25.1 Å². The van der Waals surface area contributed by atoms with E-state index >= 15 is 0 Å². The lowest BCUT2D eigenvalue weighted by molar-refractivity contribution is -0.118. The molecular formula is C14H19ClN2O2. The Morgan fingerprint density at radius 3 is 3.05 bits per heavy atom. The molecule has 1 unspecified atom stereocenters. The van der Waals surface area contributed by atoms with E-state index in [2.05, 4.69) is 10.6 Å². The molecule has 1 saturated heterocycles. The van der Waals surface area contributed by atoms with Crippen LogP contribution in [0.4, 0.5) is 5.69 Å². The van der Waals surface area contributed by atoms with Gasteiger partial charge in [0.25, 0.3) is 0 Å². The number of nitrogens with one attached hydrogen (secondary N) is 2. The van der Waals surface area contributed by atoms with Gasteiger partial charge >= 0.3 is 0 Å². The number of anilines is 1. The van der Waals surface area contributed by atoms with Gasteiger partial charge in [-0.05, 0) is 43.1 Å². The second-order valence-corrected chi connectivity index (χ2v) is 4.91. The number of fused-ring (bicyclic) bond motifs is 1. The number of hydrogen-bond donors (Lipinski definition) is 2. The number of halogens is 1. The molecular weight excluding hydrogens is 264 g/mol. The topological polar surface area (TPSA) is 50.4 Å². The van der Waals surface area contributed by atoms with Gasteiger partial charge in [0.15, 0.2) is 0 Å². The number of hydrogen-bond acceptors (Lipinski definition) is 3. The number of carbonyl (C=O) groups is 1. The zero-order chi connectivity index (χ0) is 12.4. The maximum absolute atomic E-state index is 12.1. The molecule has 0 saturated carbocycles. The first-order valence-corrected chi connectivity index (χ1v) is 6.63. The van der Waals surface area contributed by atoms with Gasteiger partial charge in [0, 0.05) is 12.1 Å². The van der Waals surface area contributed by atoms with Gasteiger partial charge in [-0.15, -0.1) is 12.4 Å². The molecule has 5 heteroatoms. The Bertz CT molecular complexity index is 459. The maximum atomic E-state index is 12.1. The first kappa shape index (κ1) is 14.2. The van der Waals surface area contributed by atoms with E-state index in [0.29, 0.717) is 0 Å². The molecule has 1 amide bonds. The summed E-state index contributed by atoms with van der Waals surface area (Å²) in [6.07, 6.45) is 4.16. The van der Waals surface area contributed by atoms with Gasteiger partial charge in [-0.2, -0.15) is 0 Å².